The summed E-state index contributed by atoms with van der Waals surface area (Å²) < 4.78 is 32.0. The molecule has 0 radical (unpaired) electrons. The standard InChI is InChI=1S/C25H34F2O2/c1-2-16-3-4-21-14-20(10-9-19(21)13-16)17-5-7-18(8-6-17)25(28)29-24-12-11-22(26)15-23(24)27/h11-12,15-21H,2-10,13-14H2,1H3. The van der Waals surface area contributed by atoms with E-state index in [2.05, 4.69) is 6.92 Å². The van der Waals surface area contributed by atoms with Crippen LogP contribution in [0.4, 0.5) is 8.78 Å². The molecule has 160 valence electrons. The lowest BCUT2D eigenvalue weighted by molar-refractivity contribution is -0.140. The molecule has 1 aromatic rings. The van der Waals surface area contributed by atoms with Gasteiger partial charge in [-0.2, -0.15) is 0 Å². The Hall–Kier alpha value is -1.45. The lowest BCUT2D eigenvalue weighted by Crippen LogP contribution is -2.35. The second kappa shape index (κ2) is 9.14. The van der Waals surface area contributed by atoms with E-state index in [1.807, 2.05) is 0 Å². The first-order valence-corrected chi connectivity index (χ1v) is 11.7. The van der Waals surface area contributed by atoms with Crippen molar-refractivity contribution in [2.75, 3.05) is 0 Å². The predicted octanol–water partition coefficient (Wildman–Crippen LogP) is 6.92. The zero-order chi connectivity index (χ0) is 20.4. The van der Waals surface area contributed by atoms with Crippen molar-refractivity contribution in [1.82, 2.24) is 0 Å². The minimum absolute atomic E-state index is 0.160. The van der Waals surface area contributed by atoms with Gasteiger partial charge >= 0.3 is 5.97 Å². The summed E-state index contributed by atoms with van der Waals surface area (Å²) in [4.78, 5) is 12.5. The molecule has 0 aliphatic heterocycles. The highest BCUT2D eigenvalue weighted by atomic mass is 19.1. The van der Waals surface area contributed by atoms with Crippen LogP contribution >= 0.6 is 0 Å². The monoisotopic (exact) mass is 404 g/mol. The van der Waals surface area contributed by atoms with Gasteiger partial charge in [0.2, 0.25) is 0 Å². The van der Waals surface area contributed by atoms with Crippen LogP contribution in [-0.4, -0.2) is 5.97 Å². The molecule has 2 nitrogen and oxygen atoms in total. The van der Waals surface area contributed by atoms with Crippen LogP contribution in [0.25, 0.3) is 0 Å². The van der Waals surface area contributed by atoms with Gasteiger partial charge in [-0.25, -0.2) is 8.78 Å². The van der Waals surface area contributed by atoms with E-state index in [0.717, 1.165) is 67.4 Å². The smallest absolute Gasteiger partial charge is 0.314 e. The van der Waals surface area contributed by atoms with Gasteiger partial charge in [0.25, 0.3) is 0 Å². The number of halogens is 2. The topological polar surface area (TPSA) is 26.3 Å². The van der Waals surface area contributed by atoms with Crippen molar-refractivity contribution in [3.63, 3.8) is 0 Å². The summed E-state index contributed by atoms with van der Waals surface area (Å²) in [6.45, 7) is 2.34. The fraction of sp³-hybridized carbons (Fsp3) is 0.720. The maximum Gasteiger partial charge on any atom is 0.314 e. The van der Waals surface area contributed by atoms with Crippen LogP contribution in [-0.2, 0) is 4.79 Å². The molecule has 29 heavy (non-hydrogen) atoms. The summed E-state index contributed by atoms with van der Waals surface area (Å²) >= 11 is 0. The quantitative estimate of drug-likeness (QED) is 0.402. The van der Waals surface area contributed by atoms with E-state index in [9.17, 15) is 13.6 Å². The Labute approximate surface area is 173 Å². The zero-order valence-corrected chi connectivity index (χ0v) is 17.5. The Morgan fingerprint density at radius 1 is 0.897 bits per heavy atom. The van der Waals surface area contributed by atoms with E-state index in [1.165, 1.54) is 51.0 Å². The van der Waals surface area contributed by atoms with Crippen LogP contribution < -0.4 is 4.74 Å². The van der Waals surface area contributed by atoms with Crippen molar-refractivity contribution in [2.24, 2.45) is 35.5 Å². The lowest BCUT2D eigenvalue weighted by Gasteiger charge is -2.45. The van der Waals surface area contributed by atoms with E-state index in [0.29, 0.717) is 0 Å². The van der Waals surface area contributed by atoms with Gasteiger partial charge in [0.05, 0.1) is 5.92 Å². The van der Waals surface area contributed by atoms with Crippen LogP contribution in [0.3, 0.4) is 0 Å². The van der Waals surface area contributed by atoms with E-state index < -0.39 is 11.6 Å². The number of ether oxygens (including phenoxy) is 1. The summed E-state index contributed by atoms with van der Waals surface area (Å²) in [6, 6.07) is 3.07. The van der Waals surface area contributed by atoms with Gasteiger partial charge in [-0.05, 0) is 99.5 Å². The number of rotatable bonds is 4. The second-order valence-electron chi connectivity index (χ2n) is 9.79. The Morgan fingerprint density at radius 2 is 1.52 bits per heavy atom. The Bertz CT molecular complexity index is 711. The lowest BCUT2D eigenvalue weighted by atomic mass is 9.61. The van der Waals surface area contributed by atoms with Gasteiger partial charge in [-0.15, -0.1) is 0 Å². The Morgan fingerprint density at radius 3 is 2.21 bits per heavy atom. The zero-order valence-electron chi connectivity index (χ0n) is 17.5. The Kier molecular flexibility index (Phi) is 6.56. The maximum atomic E-state index is 13.7. The molecule has 3 fully saturated rings. The molecule has 0 saturated heterocycles. The van der Waals surface area contributed by atoms with Crippen molar-refractivity contribution in [3.8, 4) is 5.75 Å². The average Bonchev–Trinajstić information content (AvgIpc) is 2.75. The fourth-order valence-electron chi connectivity index (χ4n) is 6.40. The molecule has 3 saturated carbocycles. The number of fused-ring (bicyclic) bond motifs is 1. The molecular weight excluding hydrogens is 370 g/mol. The molecule has 4 atom stereocenters. The third-order valence-electron chi connectivity index (χ3n) is 8.22. The van der Waals surface area contributed by atoms with Crippen molar-refractivity contribution >= 4 is 5.97 Å². The summed E-state index contributed by atoms with van der Waals surface area (Å²) in [5, 5.41) is 0. The molecule has 0 bridgehead atoms. The number of carbonyl (C=O) groups is 1. The van der Waals surface area contributed by atoms with Gasteiger partial charge in [-0.3, -0.25) is 4.79 Å². The van der Waals surface area contributed by atoms with Crippen LogP contribution in [0.2, 0.25) is 0 Å². The van der Waals surface area contributed by atoms with Crippen molar-refractivity contribution in [1.29, 1.82) is 0 Å². The van der Waals surface area contributed by atoms with Crippen molar-refractivity contribution < 1.29 is 18.3 Å². The van der Waals surface area contributed by atoms with Crippen LogP contribution in [0.15, 0.2) is 18.2 Å². The third-order valence-corrected chi connectivity index (χ3v) is 8.22. The molecule has 4 rings (SSSR count). The predicted molar refractivity (Wildman–Crippen MR) is 109 cm³/mol. The highest BCUT2D eigenvalue weighted by Crippen LogP contribution is 2.49. The van der Waals surface area contributed by atoms with Crippen LogP contribution in [0.5, 0.6) is 5.75 Å². The molecule has 0 amide bonds. The second-order valence-corrected chi connectivity index (χ2v) is 9.79. The van der Waals surface area contributed by atoms with E-state index in [-0.39, 0.29) is 17.6 Å². The molecule has 0 aromatic heterocycles. The molecular formula is C25H34F2O2. The number of hydrogen-bond acceptors (Lipinski definition) is 2. The molecule has 0 heterocycles. The normalized spacial score (nSPS) is 35.0. The van der Waals surface area contributed by atoms with Gasteiger partial charge in [0.15, 0.2) is 11.6 Å². The van der Waals surface area contributed by atoms with E-state index in [1.54, 1.807) is 0 Å². The van der Waals surface area contributed by atoms with Gasteiger partial charge in [0.1, 0.15) is 5.82 Å². The van der Waals surface area contributed by atoms with E-state index in [4.69, 9.17) is 4.74 Å². The summed E-state index contributed by atoms with van der Waals surface area (Å²) in [6.07, 6.45) is 13.6. The van der Waals surface area contributed by atoms with Gasteiger partial charge < -0.3 is 4.74 Å². The SMILES string of the molecule is CCC1CCC2CC(C3CCC(C(=O)Oc4ccc(F)cc4F)CC3)CCC2C1. The first-order valence-electron chi connectivity index (χ1n) is 11.7. The number of hydrogen-bond donors (Lipinski definition) is 0. The maximum absolute atomic E-state index is 13.7. The molecule has 0 N–H and O–H groups in total. The minimum atomic E-state index is -0.818. The Balaban J connectivity index is 1.26. The summed E-state index contributed by atoms with van der Waals surface area (Å²) in [5.74, 6) is 2.22. The van der Waals surface area contributed by atoms with Gasteiger partial charge in [0, 0.05) is 6.07 Å². The first kappa shape index (κ1) is 20.8. The summed E-state index contributed by atoms with van der Waals surface area (Å²) in [5.41, 5.74) is 0. The number of esters is 1. The highest BCUT2D eigenvalue weighted by molar-refractivity contribution is 5.75. The first-order chi connectivity index (χ1) is 14.0. The number of benzene rings is 1. The largest absolute Gasteiger partial charge is 0.423 e. The average molecular weight is 405 g/mol. The van der Waals surface area contributed by atoms with Crippen molar-refractivity contribution in [2.45, 2.75) is 77.6 Å². The molecule has 0 spiro atoms. The van der Waals surface area contributed by atoms with Gasteiger partial charge in [-0.1, -0.05) is 19.8 Å². The summed E-state index contributed by atoms with van der Waals surface area (Å²) in [7, 11) is 0. The van der Waals surface area contributed by atoms with Crippen molar-refractivity contribution in [3.05, 3.63) is 29.8 Å². The van der Waals surface area contributed by atoms with E-state index >= 15 is 0 Å². The third kappa shape index (κ3) is 4.83. The molecule has 3 aliphatic carbocycles. The molecule has 4 unspecified atom stereocenters. The van der Waals surface area contributed by atoms with Crippen LogP contribution in [0, 0.1) is 47.1 Å². The minimum Gasteiger partial charge on any atom is -0.423 e. The molecule has 1 aromatic carbocycles. The molecule has 4 heteroatoms. The number of carbonyl (C=O) groups excluding carboxylic acids is 1. The molecule has 3 aliphatic rings. The highest BCUT2D eigenvalue weighted by Gasteiger charge is 2.39. The van der Waals surface area contributed by atoms with Crippen LogP contribution in [0.1, 0.15) is 77.6 Å². The fourth-order valence-corrected chi connectivity index (χ4v) is 6.40.